The highest BCUT2D eigenvalue weighted by atomic mass is 16.2. The lowest BCUT2D eigenvalue weighted by molar-refractivity contribution is -0.121. The summed E-state index contributed by atoms with van der Waals surface area (Å²) in [5.74, 6) is -0.364. The van der Waals surface area contributed by atoms with E-state index in [0.717, 1.165) is 16.8 Å². The second-order valence-corrected chi connectivity index (χ2v) is 5.62. The smallest absolute Gasteiger partial charge is 0.256 e. The van der Waals surface area contributed by atoms with Crippen molar-refractivity contribution in [3.63, 3.8) is 0 Å². The number of hydrogen-bond donors (Lipinski definition) is 1. The van der Waals surface area contributed by atoms with E-state index < -0.39 is 6.04 Å². The Balaban J connectivity index is 1.82. The topological polar surface area (TPSA) is 49.4 Å². The van der Waals surface area contributed by atoms with Gasteiger partial charge in [-0.3, -0.25) is 9.59 Å². The van der Waals surface area contributed by atoms with Crippen LogP contribution in [0.1, 0.15) is 17.5 Å². The molecule has 1 saturated heterocycles. The fraction of sp³-hybridized carbons (Fsp3) is 0.222. The molecule has 112 valence electrons. The van der Waals surface area contributed by atoms with E-state index in [-0.39, 0.29) is 18.2 Å². The van der Waals surface area contributed by atoms with Crippen molar-refractivity contribution in [2.75, 3.05) is 10.2 Å². The zero-order valence-electron chi connectivity index (χ0n) is 12.7. The summed E-state index contributed by atoms with van der Waals surface area (Å²) in [6.07, 6.45) is 0.182. The van der Waals surface area contributed by atoms with Gasteiger partial charge in [0.2, 0.25) is 5.91 Å². The SMILES string of the molecule is Cc1ccc(N2C(=O)CC(Nc3ccccc3C)C2=O)cc1. The minimum Gasteiger partial charge on any atom is -0.373 e. The second kappa shape index (κ2) is 5.64. The van der Waals surface area contributed by atoms with Crippen LogP contribution in [0.3, 0.4) is 0 Å². The molecule has 1 atom stereocenters. The lowest BCUT2D eigenvalue weighted by atomic mass is 10.1. The van der Waals surface area contributed by atoms with Crippen molar-refractivity contribution >= 4 is 23.2 Å². The van der Waals surface area contributed by atoms with E-state index in [0.29, 0.717) is 5.69 Å². The Hall–Kier alpha value is -2.62. The zero-order chi connectivity index (χ0) is 15.7. The third-order valence-electron chi connectivity index (χ3n) is 3.91. The Kier molecular flexibility index (Phi) is 3.67. The van der Waals surface area contributed by atoms with E-state index in [1.165, 1.54) is 4.90 Å². The summed E-state index contributed by atoms with van der Waals surface area (Å²) in [4.78, 5) is 26.1. The molecule has 0 spiro atoms. The van der Waals surface area contributed by atoms with E-state index in [1.54, 1.807) is 12.1 Å². The van der Waals surface area contributed by atoms with Crippen molar-refractivity contribution in [1.29, 1.82) is 0 Å². The molecule has 2 amide bonds. The Morgan fingerprint density at radius 1 is 1.00 bits per heavy atom. The summed E-state index contributed by atoms with van der Waals surface area (Å²) >= 11 is 0. The number of anilines is 2. The molecule has 1 aliphatic rings. The van der Waals surface area contributed by atoms with E-state index in [1.807, 2.05) is 50.2 Å². The normalized spacial score (nSPS) is 17.9. The largest absolute Gasteiger partial charge is 0.373 e. The average molecular weight is 294 g/mol. The molecular weight excluding hydrogens is 276 g/mol. The van der Waals surface area contributed by atoms with Crippen molar-refractivity contribution in [3.8, 4) is 0 Å². The van der Waals surface area contributed by atoms with Crippen molar-refractivity contribution in [2.45, 2.75) is 26.3 Å². The van der Waals surface area contributed by atoms with Crippen LogP contribution in [0.4, 0.5) is 11.4 Å². The van der Waals surface area contributed by atoms with Gasteiger partial charge in [0.05, 0.1) is 12.1 Å². The molecule has 1 aliphatic heterocycles. The first-order valence-electron chi connectivity index (χ1n) is 7.32. The van der Waals surface area contributed by atoms with Crippen LogP contribution in [-0.2, 0) is 9.59 Å². The van der Waals surface area contributed by atoms with E-state index in [2.05, 4.69) is 5.32 Å². The molecule has 1 unspecified atom stereocenters. The van der Waals surface area contributed by atoms with Crippen LogP contribution in [0, 0.1) is 13.8 Å². The molecule has 0 aromatic heterocycles. The van der Waals surface area contributed by atoms with E-state index in [9.17, 15) is 9.59 Å². The van der Waals surface area contributed by atoms with Crippen LogP contribution < -0.4 is 10.2 Å². The molecule has 3 rings (SSSR count). The van der Waals surface area contributed by atoms with Gasteiger partial charge in [-0.1, -0.05) is 35.9 Å². The quantitative estimate of drug-likeness (QED) is 0.885. The molecule has 4 nitrogen and oxygen atoms in total. The highest BCUT2D eigenvalue weighted by molar-refractivity contribution is 6.23. The van der Waals surface area contributed by atoms with Crippen LogP contribution in [-0.4, -0.2) is 17.9 Å². The first kappa shape index (κ1) is 14.3. The van der Waals surface area contributed by atoms with Gasteiger partial charge in [0, 0.05) is 5.69 Å². The predicted molar refractivity (Wildman–Crippen MR) is 86.9 cm³/mol. The third kappa shape index (κ3) is 2.60. The maximum Gasteiger partial charge on any atom is 0.256 e. The number of carbonyl (C=O) groups excluding carboxylic acids is 2. The number of benzene rings is 2. The number of nitrogens with one attached hydrogen (secondary N) is 1. The lowest BCUT2D eigenvalue weighted by Crippen LogP contribution is -2.34. The number of imide groups is 1. The van der Waals surface area contributed by atoms with Crippen LogP contribution in [0.5, 0.6) is 0 Å². The molecule has 2 aromatic rings. The number of para-hydroxylation sites is 1. The van der Waals surface area contributed by atoms with Crippen LogP contribution in [0.2, 0.25) is 0 Å². The maximum absolute atomic E-state index is 12.6. The summed E-state index contributed by atoms with van der Waals surface area (Å²) in [7, 11) is 0. The molecular formula is C18H18N2O2. The lowest BCUT2D eigenvalue weighted by Gasteiger charge is -2.17. The maximum atomic E-state index is 12.6. The fourth-order valence-electron chi connectivity index (χ4n) is 2.63. The minimum atomic E-state index is -0.505. The minimum absolute atomic E-state index is 0.167. The van der Waals surface area contributed by atoms with Crippen LogP contribution in [0.15, 0.2) is 48.5 Å². The monoisotopic (exact) mass is 294 g/mol. The number of hydrogen-bond acceptors (Lipinski definition) is 3. The number of nitrogens with zero attached hydrogens (tertiary/aromatic N) is 1. The molecule has 0 saturated carbocycles. The van der Waals surface area contributed by atoms with E-state index in [4.69, 9.17) is 0 Å². The highest BCUT2D eigenvalue weighted by Gasteiger charge is 2.39. The van der Waals surface area contributed by atoms with Gasteiger partial charge in [-0.15, -0.1) is 0 Å². The standard InChI is InChI=1S/C18H18N2O2/c1-12-7-9-14(10-8-12)20-17(21)11-16(18(20)22)19-15-6-4-3-5-13(15)2/h3-10,16,19H,11H2,1-2H3. The van der Waals surface area contributed by atoms with Crippen LogP contribution >= 0.6 is 0 Å². The van der Waals surface area contributed by atoms with Gasteiger partial charge in [0.1, 0.15) is 6.04 Å². The highest BCUT2D eigenvalue weighted by Crippen LogP contribution is 2.26. The molecule has 0 bridgehead atoms. The number of carbonyl (C=O) groups is 2. The first-order valence-corrected chi connectivity index (χ1v) is 7.32. The van der Waals surface area contributed by atoms with Crippen molar-refractivity contribution < 1.29 is 9.59 Å². The third-order valence-corrected chi connectivity index (χ3v) is 3.91. The van der Waals surface area contributed by atoms with Gasteiger partial charge in [0.25, 0.3) is 5.91 Å². The second-order valence-electron chi connectivity index (χ2n) is 5.62. The fourth-order valence-corrected chi connectivity index (χ4v) is 2.63. The number of amides is 2. The molecule has 22 heavy (non-hydrogen) atoms. The molecule has 0 aliphatic carbocycles. The predicted octanol–water partition coefficient (Wildman–Crippen LogP) is 3.05. The molecule has 2 aromatic carbocycles. The molecule has 1 N–H and O–H groups in total. The van der Waals surface area contributed by atoms with Gasteiger partial charge in [-0.25, -0.2) is 4.90 Å². The molecule has 0 radical (unpaired) electrons. The summed E-state index contributed by atoms with van der Waals surface area (Å²) in [5.41, 5.74) is 3.67. The van der Waals surface area contributed by atoms with Gasteiger partial charge < -0.3 is 5.32 Å². The Labute approximate surface area is 129 Å². The zero-order valence-corrected chi connectivity index (χ0v) is 12.7. The average Bonchev–Trinajstić information content (AvgIpc) is 2.77. The molecule has 1 fully saturated rings. The molecule has 1 heterocycles. The van der Waals surface area contributed by atoms with Crippen molar-refractivity contribution in [1.82, 2.24) is 0 Å². The first-order chi connectivity index (χ1) is 10.6. The Morgan fingerprint density at radius 3 is 2.36 bits per heavy atom. The Morgan fingerprint density at radius 2 is 1.68 bits per heavy atom. The summed E-state index contributed by atoms with van der Waals surface area (Å²) in [6.45, 7) is 3.95. The van der Waals surface area contributed by atoms with Crippen molar-refractivity contribution in [3.05, 3.63) is 59.7 Å². The Bertz CT molecular complexity index is 722. The number of rotatable bonds is 3. The summed E-state index contributed by atoms with van der Waals surface area (Å²) in [6, 6.07) is 14.7. The summed E-state index contributed by atoms with van der Waals surface area (Å²) < 4.78 is 0. The van der Waals surface area contributed by atoms with Gasteiger partial charge >= 0.3 is 0 Å². The van der Waals surface area contributed by atoms with Crippen LogP contribution in [0.25, 0.3) is 0 Å². The molecule has 4 heteroatoms. The van der Waals surface area contributed by atoms with Crippen molar-refractivity contribution in [2.24, 2.45) is 0 Å². The number of aryl methyl sites for hydroxylation is 2. The van der Waals surface area contributed by atoms with Gasteiger partial charge in [0.15, 0.2) is 0 Å². The van der Waals surface area contributed by atoms with Gasteiger partial charge in [-0.05, 0) is 37.6 Å². The van der Waals surface area contributed by atoms with E-state index >= 15 is 0 Å². The van der Waals surface area contributed by atoms with Gasteiger partial charge in [-0.2, -0.15) is 0 Å². The summed E-state index contributed by atoms with van der Waals surface area (Å²) in [5, 5.41) is 3.19.